The maximum absolute atomic E-state index is 11.7. The van der Waals surface area contributed by atoms with Crippen molar-refractivity contribution < 1.29 is 32.7 Å². The van der Waals surface area contributed by atoms with Crippen molar-refractivity contribution in [2.45, 2.75) is 99.8 Å². The van der Waals surface area contributed by atoms with E-state index in [0.717, 1.165) is 64.2 Å². The van der Waals surface area contributed by atoms with E-state index in [-0.39, 0.29) is 48.9 Å². The number of ketones is 1. The summed E-state index contributed by atoms with van der Waals surface area (Å²) >= 11 is 0. The SMILES string of the molecule is CCC(CC)C(=O)/C=C(\O)C(CC)CC.[2H]C([2H])(c1cc2c3c(nccc3c1)-c1[c-]c3ccccc3cc1C2(C)C)C(C)(C)C.[Ir]. The molecule has 1 heterocycles. The summed E-state index contributed by atoms with van der Waals surface area (Å²) in [4.78, 5) is 16.5. The van der Waals surface area contributed by atoms with Crippen molar-refractivity contribution in [1.29, 1.82) is 0 Å². The van der Waals surface area contributed by atoms with Crippen LogP contribution < -0.4 is 0 Å². The molecule has 3 nitrogen and oxygen atoms in total. The fourth-order valence-electron chi connectivity index (χ4n) is 6.28. The largest absolute Gasteiger partial charge is 0.512 e. The number of aliphatic hydroxyl groups excluding tert-OH is 1. The molecule has 0 spiro atoms. The molecule has 0 saturated carbocycles. The van der Waals surface area contributed by atoms with Crippen LogP contribution in [0.25, 0.3) is 32.8 Å². The summed E-state index contributed by atoms with van der Waals surface area (Å²) in [5.74, 6) is 0.547. The Bertz CT molecular complexity index is 1730. The number of benzene rings is 3. The van der Waals surface area contributed by atoms with E-state index < -0.39 is 11.8 Å². The number of aliphatic hydroxyl groups is 1. The Morgan fingerprint density at radius 2 is 1.59 bits per heavy atom. The van der Waals surface area contributed by atoms with Gasteiger partial charge >= 0.3 is 0 Å². The third-order valence-electron chi connectivity index (χ3n) is 8.84. The monoisotopic (exact) mass is 771 g/mol. The molecule has 0 bridgehead atoms. The zero-order chi connectivity index (χ0) is 33.3. The van der Waals surface area contributed by atoms with E-state index in [2.05, 4.69) is 50.2 Å². The second kappa shape index (κ2) is 14.5. The van der Waals surface area contributed by atoms with Crippen LogP contribution in [0.2, 0.25) is 0 Å². The van der Waals surface area contributed by atoms with E-state index in [1.807, 2.05) is 72.9 Å². The Labute approximate surface area is 281 Å². The summed E-state index contributed by atoms with van der Waals surface area (Å²) in [6.45, 7) is 18.4. The summed E-state index contributed by atoms with van der Waals surface area (Å²) in [7, 11) is 0. The van der Waals surface area contributed by atoms with E-state index in [1.165, 1.54) is 17.0 Å². The average Bonchev–Trinajstić information content (AvgIpc) is 3.00. The van der Waals surface area contributed by atoms with E-state index in [0.29, 0.717) is 0 Å². The van der Waals surface area contributed by atoms with Gasteiger partial charge in [0.2, 0.25) is 0 Å². The van der Waals surface area contributed by atoms with Crippen LogP contribution in [0, 0.1) is 23.3 Å². The molecular weight excluding hydrogens is 719 g/mol. The molecule has 1 N–H and O–H groups in total. The topological polar surface area (TPSA) is 50.2 Å². The number of aromatic nitrogens is 1. The molecule has 0 fully saturated rings. The third-order valence-corrected chi connectivity index (χ3v) is 8.84. The van der Waals surface area contributed by atoms with Gasteiger partial charge in [0.1, 0.15) is 0 Å². The number of rotatable bonds is 8. The van der Waals surface area contributed by atoms with Crippen LogP contribution in [0.5, 0.6) is 0 Å². The van der Waals surface area contributed by atoms with Gasteiger partial charge in [-0.2, -0.15) is 0 Å². The Balaban J connectivity index is 0.000000309. The van der Waals surface area contributed by atoms with Crippen LogP contribution in [0.3, 0.4) is 0 Å². The van der Waals surface area contributed by atoms with Crippen molar-refractivity contribution in [3.63, 3.8) is 0 Å². The molecule has 3 aromatic carbocycles. The minimum absolute atomic E-state index is 0. The normalized spacial score (nSPS) is 14.8. The van der Waals surface area contributed by atoms with E-state index in [9.17, 15) is 9.90 Å². The Morgan fingerprint density at radius 3 is 2.20 bits per heavy atom. The predicted molar refractivity (Wildman–Crippen MR) is 183 cm³/mol. The van der Waals surface area contributed by atoms with Crippen molar-refractivity contribution in [3.05, 3.63) is 89.3 Å². The number of hydrogen-bond donors (Lipinski definition) is 1. The molecule has 44 heavy (non-hydrogen) atoms. The third kappa shape index (κ3) is 7.52. The van der Waals surface area contributed by atoms with Crippen molar-refractivity contribution in [2.75, 3.05) is 0 Å². The van der Waals surface area contributed by atoms with Crippen molar-refractivity contribution in [2.24, 2.45) is 17.3 Å². The van der Waals surface area contributed by atoms with Crippen molar-refractivity contribution in [1.82, 2.24) is 4.98 Å². The minimum atomic E-state index is -1.45. The van der Waals surface area contributed by atoms with Gasteiger partial charge in [-0.25, -0.2) is 0 Å². The quantitative estimate of drug-likeness (QED) is 0.110. The van der Waals surface area contributed by atoms with Gasteiger partial charge in [0.05, 0.1) is 5.76 Å². The molecular formula is C40H50IrNO2-. The van der Waals surface area contributed by atoms with Gasteiger partial charge < -0.3 is 5.11 Å². The molecule has 0 unspecified atom stereocenters. The van der Waals surface area contributed by atoms with Crippen LogP contribution >= 0.6 is 0 Å². The molecule has 5 rings (SSSR count). The van der Waals surface area contributed by atoms with Gasteiger partial charge in [-0.1, -0.05) is 109 Å². The zero-order valence-corrected chi connectivity index (χ0v) is 30.3. The molecule has 0 aliphatic heterocycles. The summed E-state index contributed by atoms with van der Waals surface area (Å²) in [5, 5.41) is 14.2. The molecule has 237 valence electrons. The molecule has 1 aliphatic rings. The molecule has 0 atom stereocenters. The maximum Gasteiger partial charge on any atom is 0.162 e. The maximum atomic E-state index is 11.7. The molecule has 1 aromatic heterocycles. The van der Waals surface area contributed by atoms with Gasteiger partial charge in [0.25, 0.3) is 0 Å². The summed E-state index contributed by atoms with van der Waals surface area (Å²) in [6, 6.07) is 20.3. The minimum Gasteiger partial charge on any atom is -0.512 e. The summed E-state index contributed by atoms with van der Waals surface area (Å²) in [6.07, 6.45) is 5.29. The summed E-state index contributed by atoms with van der Waals surface area (Å²) in [5.41, 5.74) is 4.28. The Morgan fingerprint density at radius 1 is 0.955 bits per heavy atom. The number of allylic oxidation sites excluding steroid dienone is 2. The van der Waals surface area contributed by atoms with Gasteiger partial charge in [-0.05, 0) is 70.9 Å². The zero-order valence-electron chi connectivity index (χ0n) is 29.9. The number of carbonyl (C=O) groups is 1. The van der Waals surface area contributed by atoms with E-state index in [1.54, 1.807) is 0 Å². The van der Waals surface area contributed by atoms with Crippen LogP contribution in [-0.2, 0) is 36.7 Å². The summed E-state index contributed by atoms with van der Waals surface area (Å²) < 4.78 is 17.7. The number of nitrogens with zero attached hydrogens (tertiary/aromatic N) is 1. The smallest absolute Gasteiger partial charge is 0.162 e. The number of carbonyl (C=O) groups excluding carboxylic acids is 1. The number of pyridine rings is 1. The standard InChI is InChI=1S/C27H26N.C13H24O2.Ir/c1-26(2,3)16-17-12-20-10-11-28-25-21-14-18-8-6-7-9-19(18)15-22(21)27(4,5)23(13-17)24(20)25;1-5-10(6-2)12(14)9-13(15)11(7-3)8-4;/h6-13,15H,16H2,1-5H3;9-11,14H,5-8H2,1-4H3;/q-1;;/b;12-9-;/i16D2;;. The van der Waals surface area contributed by atoms with E-state index >= 15 is 0 Å². The fraction of sp³-hybridized carbons (Fsp3) is 0.450. The van der Waals surface area contributed by atoms with Gasteiger partial charge in [0.15, 0.2) is 5.78 Å². The van der Waals surface area contributed by atoms with Crippen LogP contribution in [-0.4, -0.2) is 15.9 Å². The predicted octanol–water partition coefficient (Wildman–Crippen LogP) is 11.0. The molecule has 4 heteroatoms. The first-order valence-corrected chi connectivity index (χ1v) is 16.0. The molecule has 0 saturated heterocycles. The second-order valence-electron chi connectivity index (χ2n) is 13.4. The van der Waals surface area contributed by atoms with Gasteiger partial charge in [0, 0.05) is 52.6 Å². The first kappa shape index (κ1) is 32.6. The Hall–Kier alpha value is -2.81. The molecule has 1 radical (unpaired) electrons. The first-order chi connectivity index (χ1) is 21.1. The average molecular weight is 771 g/mol. The number of fused-ring (bicyclic) bond motifs is 3. The van der Waals surface area contributed by atoms with Crippen molar-refractivity contribution in [3.8, 4) is 11.3 Å². The van der Waals surface area contributed by atoms with Gasteiger partial charge in [-0.15, -0.1) is 23.6 Å². The molecule has 4 aromatic rings. The molecule has 1 aliphatic carbocycles. The second-order valence-corrected chi connectivity index (χ2v) is 13.4. The Kier molecular flexibility index (Phi) is 10.8. The van der Waals surface area contributed by atoms with Crippen LogP contribution in [0.15, 0.2) is 66.6 Å². The first-order valence-electron chi connectivity index (χ1n) is 17.0. The van der Waals surface area contributed by atoms with Crippen LogP contribution in [0.4, 0.5) is 0 Å². The van der Waals surface area contributed by atoms with Crippen LogP contribution in [0.1, 0.15) is 107 Å². The number of hydrogen-bond acceptors (Lipinski definition) is 3. The molecule has 0 amide bonds. The van der Waals surface area contributed by atoms with Crippen molar-refractivity contribution >= 4 is 27.3 Å². The fourth-order valence-corrected chi connectivity index (χ4v) is 6.28. The van der Waals surface area contributed by atoms with Gasteiger partial charge in [-0.3, -0.25) is 9.78 Å². The van der Waals surface area contributed by atoms with E-state index in [4.69, 9.17) is 7.73 Å².